The zero-order chi connectivity index (χ0) is 14.7. The molecular weight excluding hydrogens is 244 g/mol. The maximum Gasteiger partial charge on any atom is 0.144 e. The highest BCUT2D eigenvalue weighted by Crippen LogP contribution is 2.22. The van der Waals surface area contributed by atoms with Crippen LogP contribution in [0.15, 0.2) is 42.5 Å². The van der Waals surface area contributed by atoms with Crippen molar-refractivity contribution in [2.24, 2.45) is 0 Å². The molecule has 0 radical (unpaired) electrons. The minimum absolute atomic E-state index is 0.0451. The molecule has 0 N–H and O–H groups in total. The van der Waals surface area contributed by atoms with E-state index in [2.05, 4.69) is 32.9 Å². The summed E-state index contributed by atoms with van der Waals surface area (Å²) in [6.07, 6.45) is 0.522. The highest BCUT2D eigenvalue weighted by atomic mass is 16.1. The molecule has 104 valence electrons. The maximum absolute atomic E-state index is 12.5. The highest BCUT2D eigenvalue weighted by Gasteiger charge is 2.17. The third-order valence-corrected chi connectivity index (χ3v) is 3.97. The van der Waals surface area contributed by atoms with Crippen LogP contribution in [-0.4, -0.2) is 5.78 Å². The molecule has 0 aromatic heterocycles. The Morgan fingerprint density at radius 3 is 2.10 bits per heavy atom. The normalized spacial score (nSPS) is 12.2. The Hall–Kier alpha value is -1.89. The number of hydrogen-bond donors (Lipinski definition) is 0. The van der Waals surface area contributed by atoms with E-state index in [-0.39, 0.29) is 11.7 Å². The lowest BCUT2D eigenvalue weighted by molar-refractivity contribution is -0.119. The second-order valence-electron chi connectivity index (χ2n) is 5.65. The molecule has 20 heavy (non-hydrogen) atoms. The van der Waals surface area contributed by atoms with Crippen molar-refractivity contribution in [2.45, 2.75) is 40.0 Å². The molecule has 1 atom stereocenters. The number of Topliss-reactive ketones (excluding diaryl/α,β-unsaturated/α-hetero) is 1. The van der Waals surface area contributed by atoms with Crippen molar-refractivity contribution in [3.63, 3.8) is 0 Å². The van der Waals surface area contributed by atoms with Crippen molar-refractivity contribution in [3.8, 4) is 0 Å². The minimum Gasteiger partial charge on any atom is -0.299 e. The van der Waals surface area contributed by atoms with Crippen LogP contribution in [0, 0.1) is 20.8 Å². The molecule has 0 aliphatic carbocycles. The number of aryl methyl sites for hydroxylation is 3. The Morgan fingerprint density at radius 1 is 1.00 bits per heavy atom. The van der Waals surface area contributed by atoms with E-state index in [9.17, 15) is 4.79 Å². The molecule has 1 heteroatoms. The molecular formula is C19H22O. The number of carbonyl (C=O) groups is 1. The molecule has 2 aromatic rings. The van der Waals surface area contributed by atoms with E-state index < -0.39 is 0 Å². The van der Waals surface area contributed by atoms with E-state index in [4.69, 9.17) is 0 Å². The number of carbonyl (C=O) groups excluding carboxylic acids is 1. The van der Waals surface area contributed by atoms with Gasteiger partial charge in [0.25, 0.3) is 0 Å². The van der Waals surface area contributed by atoms with Gasteiger partial charge < -0.3 is 0 Å². The van der Waals surface area contributed by atoms with Gasteiger partial charge in [-0.25, -0.2) is 0 Å². The lowest BCUT2D eigenvalue weighted by Gasteiger charge is -2.14. The van der Waals surface area contributed by atoms with Crippen molar-refractivity contribution < 1.29 is 4.79 Å². The van der Waals surface area contributed by atoms with Gasteiger partial charge in [0.2, 0.25) is 0 Å². The second kappa shape index (κ2) is 6.04. The number of benzene rings is 2. The van der Waals surface area contributed by atoms with Gasteiger partial charge in [-0.1, -0.05) is 55.0 Å². The van der Waals surface area contributed by atoms with Gasteiger partial charge >= 0.3 is 0 Å². The molecule has 0 fully saturated rings. The van der Waals surface area contributed by atoms with Gasteiger partial charge in [-0.3, -0.25) is 4.79 Å². The van der Waals surface area contributed by atoms with Gasteiger partial charge in [-0.15, -0.1) is 0 Å². The predicted molar refractivity (Wildman–Crippen MR) is 84.2 cm³/mol. The summed E-state index contributed by atoms with van der Waals surface area (Å²) in [5, 5.41) is 0. The molecule has 0 aliphatic rings. The first-order valence-electron chi connectivity index (χ1n) is 7.13. The first-order chi connectivity index (χ1) is 9.49. The average molecular weight is 266 g/mol. The fourth-order valence-electron chi connectivity index (χ4n) is 2.74. The third-order valence-electron chi connectivity index (χ3n) is 3.97. The Kier molecular flexibility index (Phi) is 4.39. The summed E-state index contributed by atoms with van der Waals surface area (Å²) in [5.41, 5.74) is 5.97. The van der Waals surface area contributed by atoms with Crippen molar-refractivity contribution in [1.82, 2.24) is 0 Å². The van der Waals surface area contributed by atoms with Crippen LogP contribution in [0.5, 0.6) is 0 Å². The van der Waals surface area contributed by atoms with Gasteiger partial charge in [0.05, 0.1) is 0 Å². The van der Waals surface area contributed by atoms with Gasteiger partial charge in [-0.05, 0) is 43.0 Å². The summed E-state index contributed by atoms with van der Waals surface area (Å²) >= 11 is 0. The third kappa shape index (κ3) is 3.16. The average Bonchev–Trinajstić information content (AvgIpc) is 2.42. The van der Waals surface area contributed by atoms with E-state index in [1.807, 2.05) is 37.3 Å². The Bertz CT molecular complexity index is 588. The Balaban J connectivity index is 2.20. The van der Waals surface area contributed by atoms with Gasteiger partial charge in [-0.2, -0.15) is 0 Å². The van der Waals surface area contributed by atoms with E-state index in [0.29, 0.717) is 6.42 Å². The zero-order valence-electron chi connectivity index (χ0n) is 12.7. The lowest BCUT2D eigenvalue weighted by Crippen LogP contribution is -2.13. The fourth-order valence-corrected chi connectivity index (χ4v) is 2.74. The summed E-state index contributed by atoms with van der Waals surface area (Å²) in [5.74, 6) is 0.238. The van der Waals surface area contributed by atoms with Crippen LogP contribution in [-0.2, 0) is 11.2 Å². The molecule has 0 spiro atoms. The van der Waals surface area contributed by atoms with Crippen molar-refractivity contribution in [2.75, 3.05) is 0 Å². The standard InChI is InChI=1S/C19H22O/c1-13-10-14(2)18(15(3)11-13)12-19(20)16(4)17-8-6-5-7-9-17/h5-11,16H,12H2,1-4H3. The molecule has 1 unspecified atom stereocenters. The Morgan fingerprint density at radius 2 is 1.55 bits per heavy atom. The topological polar surface area (TPSA) is 17.1 Å². The monoisotopic (exact) mass is 266 g/mol. The van der Waals surface area contributed by atoms with E-state index in [1.54, 1.807) is 0 Å². The van der Waals surface area contributed by atoms with Crippen LogP contribution in [0.1, 0.15) is 40.7 Å². The predicted octanol–water partition coefficient (Wildman–Crippen LogP) is 4.53. The molecule has 2 aromatic carbocycles. The largest absolute Gasteiger partial charge is 0.299 e. The fraction of sp³-hybridized carbons (Fsp3) is 0.316. The highest BCUT2D eigenvalue weighted by molar-refractivity contribution is 5.87. The van der Waals surface area contributed by atoms with Crippen LogP contribution in [0.4, 0.5) is 0 Å². The molecule has 0 saturated heterocycles. The van der Waals surface area contributed by atoms with Crippen molar-refractivity contribution >= 4 is 5.78 Å². The van der Waals surface area contributed by atoms with Crippen LogP contribution in [0.2, 0.25) is 0 Å². The maximum atomic E-state index is 12.5. The second-order valence-corrected chi connectivity index (χ2v) is 5.65. The summed E-state index contributed by atoms with van der Waals surface area (Å²) in [6.45, 7) is 8.28. The first kappa shape index (κ1) is 14.5. The van der Waals surface area contributed by atoms with E-state index >= 15 is 0 Å². The van der Waals surface area contributed by atoms with Crippen LogP contribution < -0.4 is 0 Å². The molecule has 0 heterocycles. The van der Waals surface area contributed by atoms with E-state index in [1.165, 1.54) is 22.3 Å². The molecule has 1 nitrogen and oxygen atoms in total. The summed E-state index contributed by atoms with van der Waals surface area (Å²) in [6, 6.07) is 14.3. The molecule has 0 amide bonds. The van der Waals surface area contributed by atoms with Crippen LogP contribution in [0.25, 0.3) is 0 Å². The molecule has 0 aliphatic heterocycles. The van der Waals surface area contributed by atoms with Gasteiger partial charge in [0, 0.05) is 12.3 Å². The summed E-state index contributed by atoms with van der Waals surface area (Å²) in [4.78, 5) is 12.5. The SMILES string of the molecule is Cc1cc(C)c(CC(=O)C(C)c2ccccc2)c(C)c1. The van der Waals surface area contributed by atoms with Crippen molar-refractivity contribution in [3.05, 3.63) is 70.3 Å². The van der Waals surface area contributed by atoms with Gasteiger partial charge in [0.15, 0.2) is 0 Å². The van der Waals surface area contributed by atoms with Crippen LogP contribution in [0.3, 0.4) is 0 Å². The molecule has 0 bridgehead atoms. The smallest absolute Gasteiger partial charge is 0.144 e. The Labute approximate surface area is 121 Å². The lowest BCUT2D eigenvalue weighted by atomic mass is 9.89. The molecule has 2 rings (SSSR count). The quantitative estimate of drug-likeness (QED) is 0.794. The summed E-state index contributed by atoms with van der Waals surface area (Å²) in [7, 11) is 0. The first-order valence-corrected chi connectivity index (χ1v) is 7.13. The number of rotatable bonds is 4. The number of ketones is 1. The van der Waals surface area contributed by atoms with Crippen LogP contribution >= 0.6 is 0 Å². The summed E-state index contributed by atoms with van der Waals surface area (Å²) < 4.78 is 0. The zero-order valence-corrected chi connectivity index (χ0v) is 12.7. The van der Waals surface area contributed by atoms with E-state index in [0.717, 1.165) is 5.56 Å². The van der Waals surface area contributed by atoms with Gasteiger partial charge in [0.1, 0.15) is 5.78 Å². The molecule has 0 saturated carbocycles. The minimum atomic E-state index is -0.0451. The number of hydrogen-bond acceptors (Lipinski definition) is 1. The van der Waals surface area contributed by atoms with Crippen molar-refractivity contribution in [1.29, 1.82) is 0 Å².